The van der Waals surface area contributed by atoms with E-state index in [1.54, 1.807) is 0 Å². The van der Waals surface area contributed by atoms with Crippen molar-refractivity contribution in [2.75, 3.05) is 0 Å². The van der Waals surface area contributed by atoms with Crippen LogP contribution in [0.2, 0.25) is 0 Å². The van der Waals surface area contributed by atoms with Crippen LogP contribution in [0.1, 0.15) is 0 Å². The fourth-order valence-corrected chi connectivity index (χ4v) is 3.42. The molecule has 0 amide bonds. The van der Waals surface area contributed by atoms with Crippen LogP contribution in [0, 0.1) is 0 Å². The van der Waals surface area contributed by atoms with Gasteiger partial charge in [0.05, 0.1) is 0 Å². The average molecular weight is 420 g/mol. The Balaban J connectivity index is -0.000000482. The molecule has 0 saturated heterocycles. The summed E-state index contributed by atoms with van der Waals surface area (Å²) < 4.78 is 54.0. The molecule has 122 valence electrons. The van der Waals surface area contributed by atoms with Crippen LogP contribution >= 0.6 is 31.3 Å². The van der Waals surface area contributed by atoms with Gasteiger partial charge in [0.1, 0.15) is 0 Å². The third-order valence-corrected chi connectivity index (χ3v) is 4.64. The van der Waals surface area contributed by atoms with Crippen LogP contribution in [0.5, 0.6) is 0 Å². The van der Waals surface area contributed by atoms with Crippen LogP contribution in [-0.4, -0.2) is 94.0 Å². The maximum absolute atomic E-state index is 10.7. The van der Waals surface area contributed by atoms with Gasteiger partial charge in [0.25, 0.3) is 0 Å². The molecule has 21 heavy (non-hydrogen) atoms. The summed E-state index contributed by atoms with van der Waals surface area (Å²) in [5.41, 5.74) is 0. The zero-order valence-corrected chi connectivity index (χ0v) is 11.8. The molecule has 0 radical (unpaired) electrons. The monoisotopic (exact) mass is 420 g/mol. The molecule has 0 aliphatic heterocycles. The molecule has 0 bridgehead atoms. The second kappa shape index (κ2) is 11.2. The van der Waals surface area contributed by atoms with Crippen LogP contribution in [0.25, 0.3) is 0 Å². The third kappa shape index (κ3) is 20.4. The summed E-state index contributed by atoms with van der Waals surface area (Å²) in [5.74, 6) is 0. The van der Waals surface area contributed by atoms with E-state index >= 15 is 0 Å². The maximum atomic E-state index is 10.7. The number of phosphoric acid groups is 4. The van der Waals surface area contributed by atoms with Crippen LogP contribution in [0.3, 0.4) is 0 Å². The quantitative estimate of drug-likeness (QED) is 0.105. The van der Waals surface area contributed by atoms with Gasteiger partial charge in [-0.25, -0.2) is 18.3 Å². The molecule has 0 fully saturated rings. The van der Waals surface area contributed by atoms with Gasteiger partial charge in [0.15, 0.2) is 0 Å². The van der Waals surface area contributed by atoms with Crippen molar-refractivity contribution in [3.05, 3.63) is 0 Å². The summed E-state index contributed by atoms with van der Waals surface area (Å²) in [6, 6.07) is 0. The summed E-state index contributed by atoms with van der Waals surface area (Å²) in [4.78, 5) is 49.5. The summed E-state index contributed by atoms with van der Waals surface area (Å²) in [6.07, 6.45) is 0. The Morgan fingerprint density at radius 2 is 0.762 bits per heavy atom. The standard InChI is InChI=1S/2Na.H6O14P4.H2O.2H/c;;1-15(2,3)13-17(7,8)11-12-18(9,10)14-16(4,5)6;;;/h;;(H,7,8)(H,9,10)(H2,1,2,3)(H2,4,5,6);1H2;;. The van der Waals surface area contributed by atoms with Gasteiger partial charge in [-0.05, 0) is 0 Å². The SMILES string of the molecule is O.O=P(O)(O)OP(=O)(O)OOP(=O)(O)OP(=O)(O)O.[NaH].[NaH]. The zero-order chi connectivity index (χ0) is 14.8. The Bertz CT molecular complexity index is 424. The Labute approximate surface area is 160 Å². The molecule has 0 rings (SSSR count). The molecule has 0 spiro atoms. The molecular weight excluding hydrogens is 410 g/mol. The number of hydrogen-bond acceptors (Lipinski definition) is 8. The molecule has 15 nitrogen and oxygen atoms in total. The first kappa shape index (κ1) is 31.3. The van der Waals surface area contributed by atoms with Crippen LogP contribution < -0.4 is 0 Å². The second-order valence-corrected chi connectivity index (χ2v) is 7.67. The normalized spacial score (nSPS) is 17.2. The first-order valence-corrected chi connectivity index (χ1v) is 9.24. The molecule has 2 unspecified atom stereocenters. The van der Waals surface area contributed by atoms with Crippen molar-refractivity contribution in [3.63, 3.8) is 0 Å². The van der Waals surface area contributed by atoms with Crippen LogP contribution in [-0.2, 0) is 36.2 Å². The molecule has 21 heteroatoms. The van der Waals surface area contributed by atoms with E-state index in [1.165, 1.54) is 0 Å². The first-order chi connectivity index (χ1) is 7.62. The Kier molecular flexibility index (Phi) is 16.6. The molecule has 0 heterocycles. The Morgan fingerprint density at radius 3 is 0.905 bits per heavy atom. The van der Waals surface area contributed by atoms with Crippen molar-refractivity contribution in [2.45, 2.75) is 0 Å². The molecule has 0 saturated carbocycles. The topological polar surface area (TPSA) is 258 Å². The number of rotatable bonds is 7. The van der Waals surface area contributed by atoms with Crippen molar-refractivity contribution in [2.24, 2.45) is 0 Å². The average Bonchev–Trinajstić information content (AvgIpc) is 1.91. The molecule has 0 aromatic heterocycles. The molecule has 0 aromatic rings. The minimum atomic E-state index is -5.63. The minimum absolute atomic E-state index is 0. The van der Waals surface area contributed by atoms with Crippen LogP contribution in [0.15, 0.2) is 0 Å². The van der Waals surface area contributed by atoms with E-state index in [0.717, 1.165) is 0 Å². The van der Waals surface area contributed by atoms with Gasteiger partial charge in [-0.1, -0.05) is 0 Å². The summed E-state index contributed by atoms with van der Waals surface area (Å²) in [7, 11) is -22.2. The van der Waals surface area contributed by atoms with E-state index in [2.05, 4.69) is 18.0 Å². The summed E-state index contributed by atoms with van der Waals surface area (Å²) >= 11 is 0. The van der Waals surface area contributed by atoms with E-state index in [-0.39, 0.29) is 64.6 Å². The van der Waals surface area contributed by atoms with Gasteiger partial charge in [-0.15, -0.1) is 9.35 Å². The fraction of sp³-hybridized carbons (Fsp3) is 0. The number of hydrogen-bond donors (Lipinski definition) is 6. The van der Waals surface area contributed by atoms with Gasteiger partial charge in [-0.3, -0.25) is 0 Å². The van der Waals surface area contributed by atoms with E-state index in [9.17, 15) is 18.3 Å². The van der Waals surface area contributed by atoms with E-state index in [0.29, 0.717) is 0 Å². The third-order valence-electron chi connectivity index (χ3n) is 0.641. The summed E-state index contributed by atoms with van der Waals surface area (Å²) in [5, 5.41) is 0. The fourth-order valence-electron chi connectivity index (χ4n) is 0.380. The molecular formula is H10Na2O15P4. The van der Waals surface area contributed by atoms with Gasteiger partial charge in [0.2, 0.25) is 0 Å². The Morgan fingerprint density at radius 1 is 0.571 bits per heavy atom. The molecule has 8 N–H and O–H groups in total. The van der Waals surface area contributed by atoms with Gasteiger partial charge in [-0.2, -0.15) is 8.62 Å². The molecule has 2 atom stereocenters. The van der Waals surface area contributed by atoms with Gasteiger partial charge >= 0.3 is 90.4 Å². The van der Waals surface area contributed by atoms with Crippen molar-refractivity contribution < 1.29 is 71.1 Å². The van der Waals surface area contributed by atoms with Crippen molar-refractivity contribution in [3.8, 4) is 0 Å². The predicted octanol–water partition coefficient (Wildman–Crippen LogP) is -2.77. The zero-order valence-electron chi connectivity index (χ0n) is 8.24. The second-order valence-electron chi connectivity index (χ2n) is 2.23. The van der Waals surface area contributed by atoms with E-state index < -0.39 is 31.3 Å². The molecule has 0 aromatic carbocycles. The van der Waals surface area contributed by atoms with E-state index in [4.69, 9.17) is 29.4 Å². The predicted molar refractivity (Wildman–Crippen MR) is 66.0 cm³/mol. The molecule has 0 aliphatic carbocycles. The van der Waals surface area contributed by atoms with Crippen molar-refractivity contribution >= 4 is 90.4 Å². The van der Waals surface area contributed by atoms with E-state index in [1.807, 2.05) is 0 Å². The van der Waals surface area contributed by atoms with Crippen molar-refractivity contribution in [1.29, 1.82) is 0 Å². The first-order valence-electron chi connectivity index (χ1n) is 3.19. The van der Waals surface area contributed by atoms with Gasteiger partial charge in [0, 0.05) is 0 Å². The summed E-state index contributed by atoms with van der Waals surface area (Å²) in [6.45, 7) is 0. The van der Waals surface area contributed by atoms with Crippen LogP contribution in [0.4, 0.5) is 0 Å². The van der Waals surface area contributed by atoms with Crippen molar-refractivity contribution in [1.82, 2.24) is 0 Å². The molecule has 0 aliphatic rings. The Hall–Kier alpha value is 2.48. The van der Waals surface area contributed by atoms with Gasteiger partial charge < -0.3 is 34.8 Å².